The Balaban J connectivity index is 1.45. The van der Waals surface area contributed by atoms with E-state index in [0.29, 0.717) is 27.9 Å². The molecule has 5 heteroatoms. The second-order valence-electron chi connectivity index (χ2n) is 6.03. The van der Waals surface area contributed by atoms with Crippen LogP contribution in [0.25, 0.3) is 0 Å². The molecule has 1 heterocycles. The molecule has 1 amide bonds. The van der Waals surface area contributed by atoms with Crippen molar-refractivity contribution in [2.45, 2.75) is 38.3 Å². The highest BCUT2D eigenvalue weighted by molar-refractivity contribution is 6.34. The molecule has 21 heavy (non-hydrogen) atoms. The van der Waals surface area contributed by atoms with Gasteiger partial charge in [-0.05, 0) is 49.4 Å². The maximum atomic E-state index is 12.0. The minimum absolute atomic E-state index is 0.336. The van der Waals surface area contributed by atoms with Gasteiger partial charge in [0, 0.05) is 41.6 Å². The van der Waals surface area contributed by atoms with Crippen LogP contribution < -0.4 is 5.32 Å². The molecule has 1 aromatic carbocycles. The number of piperidine rings is 1. The Kier molecular flexibility index (Phi) is 4.72. The molecule has 0 atom stereocenters. The maximum absolute atomic E-state index is 12.0. The van der Waals surface area contributed by atoms with Gasteiger partial charge in [-0.3, -0.25) is 4.79 Å². The number of likely N-dealkylation sites (tertiary alicyclic amines) is 1. The molecular weight excluding hydrogens is 307 g/mol. The lowest BCUT2D eigenvalue weighted by molar-refractivity contribution is -0.133. The van der Waals surface area contributed by atoms with Crippen LogP contribution >= 0.6 is 23.2 Å². The smallest absolute Gasteiger partial charge is 0.225 e. The van der Waals surface area contributed by atoms with E-state index >= 15 is 0 Å². The Morgan fingerprint density at radius 3 is 2.29 bits per heavy atom. The van der Waals surface area contributed by atoms with Gasteiger partial charge in [0.05, 0.1) is 0 Å². The van der Waals surface area contributed by atoms with Crippen LogP contribution in [0.5, 0.6) is 0 Å². The minimum atomic E-state index is 0.336. The van der Waals surface area contributed by atoms with Crippen molar-refractivity contribution in [3.63, 3.8) is 0 Å². The fourth-order valence-corrected chi connectivity index (χ4v) is 3.44. The molecule has 1 aliphatic carbocycles. The Labute approximate surface area is 135 Å². The second kappa shape index (κ2) is 6.55. The standard InChI is InChI=1S/C16H20Cl2N2O/c17-13-7-11(8-14(18)9-13)10-19-15-3-5-20(6-4-15)16(21)12-1-2-12/h7-9,12,15,19H,1-6,10H2. The van der Waals surface area contributed by atoms with Gasteiger partial charge in [0.2, 0.25) is 5.91 Å². The summed E-state index contributed by atoms with van der Waals surface area (Å²) in [5, 5.41) is 4.88. The van der Waals surface area contributed by atoms with Crippen LogP contribution in [0.2, 0.25) is 10.0 Å². The van der Waals surface area contributed by atoms with Crippen LogP contribution in [0.3, 0.4) is 0 Å². The molecule has 2 fully saturated rings. The molecule has 0 spiro atoms. The number of nitrogens with zero attached hydrogens (tertiary/aromatic N) is 1. The van der Waals surface area contributed by atoms with Crippen molar-refractivity contribution in [1.29, 1.82) is 0 Å². The molecular formula is C16H20Cl2N2O. The quantitative estimate of drug-likeness (QED) is 0.918. The summed E-state index contributed by atoms with van der Waals surface area (Å²) in [6, 6.07) is 6.08. The molecule has 114 valence electrons. The van der Waals surface area contributed by atoms with Gasteiger partial charge < -0.3 is 10.2 Å². The number of amides is 1. The van der Waals surface area contributed by atoms with Gasteiger partial charge in [-0.15, -0.1) is 0 Å². The third-order valence-electron chi connectivity index (χ3n) is 4.25. The van der Waals surface area contributed by atoms with Gasteiger partial charge >= 0.3 is 0 Å². The van der Waals surface area contributed by atoms with E-state index in [2.05, 4.69) is 5.32 Å². The molecule has 0 aromatic heterocycles. The predicted octanol–water partition coefficient (Wildman–Crippen LogP) is 3.48. The Hall–Kier alpha value is -0.770. The Morgan fingerprint density at radius 1 is 1.10 bits per heavy atom. The number of hydrogen-bond donors (Lipinski definition) is 1. The Morgan fingerprint density at radius 2 is 1.71 bits per heavy atom. The summed E-state index contributed by atoms with van der Waals surface area (Å²) >= 11 is 12.0. The summed E-state index contributed by atoms with van der Waals surface area (Å²) < 4.78 is 0. The summed E-state index contributed by atoms with van der Waals surface area (Å²) in [5.41, 5.74) is 1.10. The van der Waals surface area contributed by atoms with Crippen molar-refractivity contribution in [2.24, 2.45) is 5.92 Å². The molecule has 3 rings (SSSR count). The monoisotopic (exact) mass is 326 g/mol. The highest BCUT2D eigenvalue weighted by Crippen LogP contribution is 2.31. The van der Waals surface area contributed by atoms with Gasteiger partial charge in [0.15, 0.2) is 0 Å². The highest BCUT2D eigenvalue weighted by Gasteiger charge is 2.34. The van der Waals surface area contributed by atoms with Crippen LogP contribution in [0.4, 0.5) is 0 Å². The minimum Gasteiger partial charge on any atom is -0.342 e. The molecule has 3 nitrogen and oxygen atoms in total. The van der Waals surface area contributed by atoms with Crippen molar-refractivity contribution < 1.29 is 4.79 Å². The molecule has 2 aliphatic rings. The van der Waals surface area contributed by atoms with Crippen molar-refractivity contribution in [3.05, 3.63) is 33.8 Å². The number of nitrogens with one attached hydrogen (secondary N) is 1. The third kappa shape index (κ3) is 4.12. The van der Waals surface area contributed by atoms with E-state index in [1.165, 1.54) is 0 Å². The number of halogens is 2. The largest absolute Gasteiger partial charge is 0.342 e. The van der Waals surface area contributed by atoms with Crippen molar-refractivity contribution in [2.75, 3.05) is 13.1 Å². The lowest BCUT2D eigenvalue weighted by Crippen LogP contribution is -2.45. The Bertz CT molecular complexity index is 503. The molecule has 1 saturated heterocycles. The van der Waals surface area contributed by atoms with E-state index in [1.54, 1.807) is 6.07 Å². The lowest BCUT2D eigenvalue weighted by Gasteiger charge is -2.32. The van der Waals surface area contributed by atoms with E-state index in [0.717, 1.165) is 50.9 Å². The average molecular weight is 327 g/mol. The van der Waals surface area contributed by atoms with Crippen molar-refractivity contribution >= 4 is 29.1 Å². The molecule has 1 saturated carbocycles. The first-order valence-electron chi connectivity index (χ1n) is 7.59. The topological polar surface area (TPSA) is 32.3 Å². The zero-order valence-electron chi connectivity index (χ0n) is 11.9. The molecule has 1 aliphatic heterocycles. The van der Waals surface area contributed by atoms with E-state index < -0.39 is 0 Å². The lowest BCUT2D eigenvalue weighted by atomic mass is 10.0. The van der Waals surface area contributed by atoms with Gasteiger partial charge in [-0.25, -0.2) is 0 Å². The van der Waals surface area contributed by atoms with Crippen LogP contribution in [-0.2, 0) is 11.3 Å². The maximum Gasteiger partial charge on any atom is 0.225 e. The van der Waals surface area contributed by atoms with Crippen LogP contribution in [-0.4, -0.2) is 29.9 Å². The van der Waals surface area contributed by atoms with E-state index in [4.69, 9.17) is 23.2 Å². The number of rotatable bonds is 4. The molecule has 0 bridgehead atoms. The van der Waals surface area contributed by atoms with Gasteiger partial charge in [-0.1, -0.05) is 23.2 Å². The number of carbonyl (C=O) groups excluding carboxylic acids is 1. The second-order valence-corrected chi connectivity index (χ2v) is 6.91. The summed E-state index contributed by atoms with van der Waals surface area (Å²) in [4.78, 5) is 14.0. The van der Waals surface area contributed by atoms with Crippen LogP contribution in [0, 0.1) is 5.92 Å². The number of benzene rings is 1. The first kappa shape index (κ1) is 15.1. The molecule has 1 aromatic rings. The average Bonchev–Trinajstić information content (AvgIpc) is 3.28. The molecule has 0 unspecified atom stereocenters. The molecule has 1 N–H and O–H groups in total. The van der Waals surface area contributed by atoms with E-state index in [9.17, 15) is 4.79 Å². The van der Waals surface area contributed by atoms with Crippen molar-refractivity contribution in [1.82, 2.24) is 10.2 Å². The van der Waals surface area contributed by atoms with Crippen LogP contribution in [0.1, 0.15) is 31.2 Å². The zero-order valence-corrected chi connectivity index (χ0v) is 13.5. The zero-order chi connectivity index (χ0) is 14.8. The summed E-state index contributed by atoms with van der Waals surface area (Å²) in [6.45, 7) is 2.52. The molecule has 0 radical (unpaired) electrons. The first-order valence-corrected chi connectivity index (χ1v) is 8.34. The van der Waals surface area contributed by atoms with E-state index in [1.807, 2.05) is 17.0 Å². The predicted molar refractivity (Wildman–Crippen MR) is 85.6 cm³/mol. The fourth-order valence-electron chi connectivity index (χ4n) is 2.87. The SMILES string of the molecule is O=C(C1CC1)N1CCC(NCc2cc(Cl)cc(Cl)c2)CC1. The summed E-state index contributed by atoms with van der Waals surface area (Å²) in [5.74, 6) is 0.707. The summed E-state index contributed by atoms with van der Waals surface area (Å²) in [6.07, 6.45) is 4.22. The van der Waals surface area contributed by atoms with Gasteiger partial charge in [0.25, 0.3) is 0 Å². The summed E-state index contributed by atoms with van der Waals surface area (Å²) in [7, 11) is 0. The highest BCUT2D eigenvalue weighted by atomic mass is 35.5. The van der Waals surface area contributed by atoms with Gasteiger partial charge in [0.1, 0.15) is 0 Å². The number of carbonyl (C=O) groups is 1. The van der Waals surface area contributed by atoms with Crippen LogP contribution in [0.15, 0.2) is 18.2 Å². The third-order valence-corrected chi connectivity index (χ3v) is 4.69. The normalized spacial score (nSPS) is 19.8. The van der Waals surface area contributed by atoms with E-state index in [-0.39, 0.29) is 0 Å². The number of hydrogen-bond acceptors (Lipinski definition) is 2. The fraction of sp³-hybridized carbons (Fsp3) is 0.562. The van der Waals surface area contributed by atoms with Gasteiger partial charge in [-0.2, -0.15) is 0 Å². The first-order chi connectivity index (χ1) is 10.1. The van der Waals surface area contributed by atoms with Crippen molar-refractivity contribution in [3.8, 4) is 0 Å².